The molecule has 1 aromatic heterocycles. The van der Waals surface area contributed by atoms with Gasteiger partial charge in [0.2, 0.25) is 17.7 Å². The highest BCUT2D eigenvalue weighted by atomic mass is 16.4. The summed E-state index contributed by atoms with van der Waals surface area (Å²) < 4.78 is 0. The maximum atomic E-state index is 12.9. The first-order valence-electron chi connectivity index (χ1n) is 11.1. The van der Waals surface area contributed by atoms with E-state index in [0.29, 0.717) is 18.5 Å². The molecule has 1 fully saturated rings. The quantitative estimate of drug-likeness (QED) is 0.0835. The minimum Gasteiger partial charge on any atom is -0.480 e. The Kier molecular flexibility index (Phi) is 10.3. The molecule has 2 rings (SSSR count). The van der Waals surface area contributed by atoms with Gasteiger partial charge in [-0.2, -0.15) is 0 Å². The van der Waals surface area contributed by atoms with Crippen LogP contribution in [0.3, 0.4) is 0 Å². The smallest absolute Gasteiger partial charge is 0.326 e. The number of imidazole rings is 1. The van der Waals surface area contributed by atoms with Crippen LogP contribution in [0.5, 0.6) is 0 Å². The molecule has 2 heterocycles. The average Bonchev–Trinajstić information content (AvgIpc) is 3.49. The third kappa shape index (κ3) is 8.69. The highest BCUT2D eigenvalue weighted by Gasteiger charge is 2.30. The minimum absolute atomic E-state index is 0.000395. The van der Waals surface area contributed by atoms with Gasteiger partial charge >= 0.3 is 5.97 Å². The first kappa shape index (κ1) is 26.6. The molecule has 188 valence electrons. The van der Waals surface area contributed by atoms with Gasteiger partial charge in [0, 0.05) is 24.9 Å². The molecule has 1 aliphatic rings. The number of amides is 3. The molecule has 0 spiro atoms. The zero-order valence-corrected chi connectivity index (χ0v) is 19.0. The van der Waals surface area contributed by atoms with Crippen molar-refractivity contribution in [2.45, 2.75) is 63.2 Å². The second-order valence-corrected chi connectivity index (χ2v) is 8.07. The molecule has 0 bridgehead atoms. The molecule has 4 atom stereocenters. The molecule has 0 aromatic carbocycles. The Morgan fingerprint density at radius 3 is 2.56 bits per heavy atom. The number of carbonyl (C=O) groups is 4. The fourth-order valence-corrected chi connectivity index (χ4v) is 3.45. The van der Waals surface area contributed by atoms with Crippen LogP contribution >= 0.6 is 0 Å². The maximum Gasteiger partial charge on any atom is 0.326 e. The van der Waals surface area contributed by atoms with Crippen molar-refractivity contribution in [3.05, 3.63) is 18.2 Å². The van der Waals surface area contributed by atoms with Gasteiger partial charge in [-0.15, -0.1) is 0 Å². The summed E-state index contributed by atoms with van der Waals surface area (Å²) in [6, 6.07) is -3.55. The van der Waals surface area contributed by atoms with Crippen molar-refractivity contribution < 1.29 is 24.3 Å². The highest BCUT2D eigenvalue weighted by Crippen LogP contribution is 2.07. The molecule has 0 aliphatic carbocycles. The van der Waals surface area contributed by atoms with Crippen molar-refractivity contribution in [1.29, 1.82) is 0 Å². The molecule has 0 saturated carbocycles. The number of hydrogen-bond acceptors (Lipinski definition) is 7. The predicted molar refractivity (Wildman–Crippen MR) is 122 cm³/mol. The lowest BCUT2D eigenvalue weighted by Crippen LogP contribution is -2.56. The van der Waals surface area contributed by atoms with Crippen LogP contribution in [0.25, 0.3) is 0 Å². The molecule has 14 heteroatoms. The molecule has 3 amide bonds. The Balaban J connectivity index is 1.96. The number of nitrogens with one attached hydrogen (secondary N) is 5. The predicted octanol–water partition coefficient (Wildman–Crippen LogP) is -2.68. The van der Waals surface area contributed by atoms with Gasteiger partial charge in [-0.25, -0.2) is 9.78 Å². The van der Waals surface area contributed by atoms with Crippen LogP contribution in [0.4, 0.5) is 0 Å². The summed E-state index contributed by atoms with van der Waals surface area (Å²) in [4.78, 5) is 60.0. The number of hydrogen-bond donors (Lipinski definition) is 8. The lowest BCUT2D eigenvalue weighted by atomic mass is 10.1. The molecule has 14 nitrogen and oxygen atoms in total. The standard InChI is InChI=1S/C20H33N9O5/c1-11(16(30)29-15(19(33)34)8-12-9-23-10-26-12)27-18(32)14(5-3-7-25-20(21)22)28-17(31)13-4-2-6-24-13/h9-11,13-15,24H,2-8H2,1H3,(H,23,26)(H,27,32)(H,28,31)(H,29,30)(H,33,34)(H4,21,22,25). The zero-order chi connectivity index (χ0) is 25.1. The normalized spacial score (nSPS) is 17.7. The maximum absolute atomic E-state index is 12.9. The molecular formula is C20H33N9O5. The van der Waals surface area contributed by atoms with Crippen molar-refractivity contribution >= 4 is 29.7 Å². The van der Waals surface area contributed by atoms with Crippen molar-refractivity contribution in [3.63, 3.8) is 0 Å². The zero-order valence-electron chi connectivity index (χ0n) is 19.0. The lowest BCUT2D eigenvalue weighted by Gasteiger charge is -2.23. The summed E-state index contributed by atoms with van der Waals surface area (Å²) in [6.45, 7) is 2.42. The number of carboxylic acids is 1. The molecule has 4 unspecified atom stereocenters. The van der Waals surface area contributed by atoms with Gasteiger partial charge in [0.25, 0.3) is 0 Å². The van der Waals surface area contributed by atoms with Crippen molar-refractivity contribution in [1.82, 2.24) is 31.2 Å². The van der Waals surface area contributed by atoms with E-state index in [1.165, 1.54) is 19.4 Å². The number of carbonyl (C=O) groups excluding carboxylic acids is 3. The van der Waals surface area contributed by atoms with E-state index in [1.54, 1.807) is 0 Å². The summed E-state index contributed by atoms with van der Waals surface area (Å²) >= 11 is 0. The van der Waals surface area contributed by atoms with Crippen LogP contribution in [0, 0.1) is 0 Å². The van der Waals surface area contributed by atoms with Gasteiger partial charge in [0.15, 0.2) is 5.96 Å². The van der Waals surface area contributed by atoms with E-state index in [4.69, 9.17) is 11.5 Å². The van der Waals surface area contributed by atoms with Gasteiger partial charge in [-0.3, -0.25) is 19.4 Å². The number of aromatic amines is 1. The number of nitrogens with two attached hydrogens (primary N) is 2. The number of guanidine groups is 1. The summed E-state index contributed by atoms with van der Waals surface area (Å²) in [5, 5.41) is 20.2. The van der Waals surface area contributed by atoms with Gasteiger partial charge in [-0.05, 0) is 39.2 Å². The largest absolute Gasteiger partial charge is 0.480 e. The number of aliphatic carboxylic acids is 1. The van der Waals surface area contributed by atoms with E-state index < -0.39 is 35.9 Å². The van der Waals surface area contributed by atoms with Crippen molar-refractivity contribution in [2.75, 3.05) is 13.1 Å². The number of aromatic nitrogens is 2. The molecule has 1 aromatic rings. The highest BCUT2D eigenvalue weighted by molar-refractivity contribution is 5.94. The third-order valence-electron chi connectivity index (χ3n) is 5.30. The van der Waals surface area contributed by atoms with Crippen LogP contribution in [-0.2, 0) is 25.6 Å². The van der Waals surface area contributed by atoms with E-state index in [1.807, 2.05) is 0 Å². The molecular weight excluding hydrogens is 446 g/mol. The Labute approximate surface area is 196 Å². The van der Waals surface area contributed by atoms with Crippen molar-refractivity contribution in [2.24, 2.45) is 16.5 Å². The van der Waals surface area contributed by atoms with E-state index in [-0.39, 0.29) is 37.3 Å². The number of rotatable bonds is 13. The summed E-state index contributed by atoms with van der Waals surface area (Å²) in [6.07, 6.45) is 5.05. The fourth-order valence-electron chi connectivity index (χ4n) is 3.45. The second kappa shape index (κ2) is 13.1. The van der Waals surface area contributed by atoms with Crippen LogP contribution in [-0.4, -0.2) is 82.0 Å². The Morgan fingerprint density at radius 2 is 1.97 bits per heavy atom. The Hall–Kier alpha value is -3.68. The topological polar surface area (TPSA) is 230 Å². The van der Waals surface area contributed by atoms with Crippen molar-refractivity contribution in [3.8, 4) is 0 Å². The SMILES string of the molecule is CC(NC(=O)C(CCCN=C(N)N)NC(=O)C1CCCN1)C(=O)NC(Cc1cnc[nH]1)C(=O)O. The monoisotopic (exact) mass is 479 g/mol. The second-order valence-electron chi connectivity index (χ2n) is 8.07. The first-order valence-corrected chi connectivity index (χ1v) is 11.1. The molecule has 34 heavy (non-hydrogen) atoms. The van der Waals surface area contributed by atoms with Crippen LogP contribution in [0.1, 0.15) is 38.3 Å². The molecule has 0 radical (unpaired) electrons. The molecule has 1 saturated heterocycles. The summed E-state index contributed by atoms with van der Waals surface area (Å²) in [5.74, 6) is -2.85. The van der Waals surface area contributed by atoms with Gasteiger partial charge < -0.3 is 42.8 Å². The average molecular weight is 480 g/mol. The third-order valence-corrected chi connectivity index (χ3v) is 5.30. The van der Waals surface area contributed by atoms with Crippen LogP contribution in [0.15, 0.2) is 17.5 Å². The van der Waals surface area contributed by atoms with Gasteiger partial charge in [-0.1, -0.05) is 0 Å². The number of aliphatic imine (C=N–C) groups is 1. The van der Waals surface area contributed by atoms with Gasteiger partial charge in [0.05, 0.1) is 12.4 Å². The Bertz CT molecular complexity index is 864. The Morgan fingerprint density at radius 1 is 1.21 bits per heavy atom. The lowest BCUT2D eigenvalue weighted by molar-refractivity contribution is -0.142. The molecule has 10 N–H and O–H groups in total. The van der Waals surface area contributed by atoms with Gasteiger partial charge in [0.1, 0.15) is 18.1 Å². The van der Waals surface area contributed by atoms with E-state index in [9.17, 15) is 24.3 Å². The number of nitrogens with zero attached hydrogens (tertiary/aromatic N) is 2. The van der Waals surface area contributed by atoms with E-state index in [0.717, 1.165) is 13.0 Å². The minimum atomic E-state index is -1.23. The number of carboxylic acid groups (broad SMARTS) is 1. The van der Waals surface area contributed by atoms with E-state index >= 15 is 0 Å². The summed E-state index contributed by atoms with van der Waals surface area (Å²) in [5.41, 5.74) is 11.2. The van der Waals surface area contributed by atoms with E-state index in [2.05, 4.69) is 36.2 Å². The summed E-state index contributed by atoms with van der Waals surface area (Å²) in [7, 11) is 0. The fraction of sp³-hybridized carbons (Fsp3) is 0.600. The molecule has 1 aliphatic heterocycles. The first-order chi connectivity index (χ1) is 16.2. The van der Waals surface area contributed by atoms with Crippen LogP contribution < -0.4 is 32.7 Å². The van der Waals surface area contributed by atoms with Crippen LogP contribution in [0.2, 0.25) is 0 Å². The number of H-pyrrole nitrogens is 1.